The maximum atomic E-state index is 12.7. The fourth-order valence-electron chi connectivity index (χ4n) is 3.52. The van der Waals surface area contributed by atoms with Gasteiger partial charge in [-0.05, 0) is 58.0 Å². The average molecular weight is 353 g/mol. The first-order valence-corrected chi connectivity index (χ1v) is 9.08. The normalized spacial score (nSPS) is 17.6. The molecule has 0 saturated carbocycles. The van der Waals surface area contributed by atoms with Crippen molar-refractivity contribution in [3.05, 3.63) is 52.7 Å². The summed E-state index contributed by atoms with van der Waals surface area (Å²) >= 11 is 0. The zero-order valence-corrected chi connectivity index (χ0v) is 15.1. The van der Waals surface area contributed by atoms with Crippen LogP contribution in [0.3, 0.4) is 0 Å². The minimum atomic E-state index is -0.349. The van der Waals surface area contributed by atoms with Crippen LogP contribution in [0.15, 0.2) is 39.9 Å². The quantitative estimate of drug-likeness (QED) is 0.716. The topological polar surface area (TPSA) is 77.1 Å². The molecule has 0 spiro atoms. The molecule has 0 bridgehead atoms. The molecular weight excluding hydrogens is 330 g/mol. The Kier molecular flexibility index (Phi) is 4.55. The maximum absolute atomic E-state index is 12.7. The van der Waals surface area contributed by atoms with Crippen LogP contribution in [0, 0.1) is 5.92 Å². The van der Waals surface area contributed by atoms with E-state index < -0.39 is 0 Å². The van der Waals surface area contributed by atoms with Gasteiger partial charge in [0.15, 0.2) is 5.82 Å². The van der Waals surface area contributed by atoms with Gasteiger partial charge in [0.05, 0.1) is 17.2 Å². The lowest BCUT2D eigenvalue weighted by Crippen LogP contribution is -2.31. The van der Waals surface area contributed by atoms with Gasteiger partial charge in [-0.2, -0.15) is 4.98 Å². The predicted octanol–water partition coefficient (Wildman–Crippen LogP) is 2.27. The van der Waals surface area contributed by atoms with Gasteiger partial charge in [-0.1, -0.05) is 17.3 Å². The molecule has 1 saturated heterocycles. The summed E-state index contributed by atoms with van der Waals surface area (Å²) in [5, 5.41) is 4.72. The fraction of sp³-hybridized carbons (Fsp3) is 0.474. The second-order valence-electron chi connectivity index (χ2n) is 7.15. The smallest absolute Gasteiger partial charge is 0.261 e. The number of hydrogen-bond donors (Lipinski definition) is 0. The van der Waals surface area contributed by atoms with E-state index >= 15 is 0 Å². The van der Waals surface area contributed by atoms with E-state index in [9.17, 15) is 4.79 Å². The highest BCUT2D eigenvalue weighted by Gasteiger charge is 2.22. The Balaban J connectivity index is 1.54. The summed E-state index contributed by atoms with van der Waals surface area (Å²) in [6.07, 6.45) is 4.69. The van der Waals surface area contributed by atoms with Gasteiger partial charge in [0.1, 0.15) is 6.04 Å². The number of para-hydroxylation sites is 1. The van der Waals surface area contributed by atoms with E-state index in [0.29, 0.717) is 22.7 Å². The van der Waals surface area contributed by atoms with Gasteiger partial charge in [0.2, 0.25) is 5.89 Å². The summed E-state index contributed by atoms with van der Waals surface area (Å²) in [5.41, 5.74) is 0.590. The number of benzene rings is 1. The molecule has 3 heterocycles. The molecular formula is C19H23N5O2. The van der Waals surface area contributed by atoms with Crippen molar-refractivity contribution in [2.45, 2.75) is 32.2 Å². The van der Waals surface area contributed by atoms with Crippen molar-refractivity contribution in [2.24, 2.45) is 5.92 Å². The van der Waals surface area contributed by atoms with E-state index in [-0.39, 0.29) is 11.6 Å². The monoisotopic (exact) mass is 353 g/mol. The minimum Gasteiger partial charge on any atom is -0.337 e. The van der Waals surface area contributed by atoms with Crippen molar-refractivity contribution >= 4 is 10.9 Å². The van der Waals surface area contributed by atoms with Gasteiger partial charge in [0, 0.05) is 6.42 Å². The summed E-state index contributed by atoms with van der Waals surface area (Å²) in [5.74, 6) is 1.77. The molecule has 1 atom stereocenters. The highest BCUT2D eigenvalue weighted by Crippen LogP contribution is 2.21. The zero-order valence-electron chi connectivity index (χ0n) is 15.1. The van der Waals surface area contributed by atoms with Crippen LogP contribution in [0.4, 0.5) is 0 Å². The van der Waals surface area contributed by atoms with E-state index in [1.54, 1.807) is 17.0 Å². The van der Waals surface area contributed by atoms with Crippen LogP contribution in [0.25, 0.3) is 10.9 Å². The molecule has 4 rings (SSSR count). The van der Waals surface area contributed by atoms with E-state index in [0.717, 1.165) is 38.2 Å². The Morgan fingerprint density at radius 2 is 2.04 bits per heavy atom. The van der Waals surface area contributed by atoms with Crippen LogP contribution in [0.5, 0.6) is 0 Å². The molecule has 1 fully saturated rings. The molecule has 1 unspecified atom stereocenters. The lowest BCUT2D eigenvalue weighted by atomic mass is 9.94. The zero-order chi connectivity index (χ0) is 18.1. The van der Waals surface area contributed by atoms with Crippen LogP contribution < -0.4 is 5.56 Å². The predicted molar refractivity (Wildman–Crippen MR) is 98.0 cm³/mol. The van der Waals surface area contributed by atoms with Crippen molar-refractivity contribution in [3.8, 4) is 0 Å². The molecule has 0 N–H and O–H groups in total. The number of aromatic nitrogens is 4. The fourth-order valence-corrected chi connectivity index (χ4v) is 3.52. The van der Waals surface area contributed by atoms with Gasteiger partial charge in [-0.15, -0.1) is 0 Å². The lowest BCUT2D eigenvalue weighted by Gasteiger charge is -2.28. The van der Waals surface area contributed by atoms with Gasteiger partial charge in [-0.25, -0.2) is 4.98 Å². The molecule has 7 heteroatoms. The first-order valence-electron chi connectivity index (χ1n) is 9.08. The average Bonchev–Trinajstić information content (AvgIpc) is 3.12. The molecule has 2 aromatic heterocycles. The molecule has 7 nitrogen and oxygen atoms in total. The number of nitrogens with zero attached hydrogens (tertiary/aromatic N) is 5. The summed E-state index contributed by atoms with van der Waals surface area (Å²) in [6, 6.07) is 6.98. The van der Waals surface area contributed by atoms with Crippen LogP contribution in [0.2, 0.25) is 0 Å². The summed E-state index contributed by atoms with van der Waals surface area (Å²) in [7, 11) is 2.15. The molecule has 26 heavy (non-hydrogen) atoms. The first-order chi connectivity index (χ1) is 12.6. The van der Waals surface area contributed by atoms with E-state index in [1.165, 1.54) is 0 Å². The first kappa shape index (κ1) is 16.9. The number of rotatable bonds is 4. The van der Waals surface area contributed by atoms with Crippen molar-refractivity contribution in [1.82, 2.24) is 24.6 Å². The Morgan fingerprint density at radius 1 is 1.27 bits per heavy atom. The third-order valence-electron chi connectivity index (χ3n) is 5.26. The molecule has 3 aromatic rings. The Hall–Kier alpha value is -2.54. The molecule has 0 aliphatic carbocycles. The molecule has 136 valence electrons. The highest BCUT2D eigenvalue weighted by atomic mass is 16.5. The van der Waals surface area contributed by atoms with Crippen LogP contribution >= 0.6 is 0 Å². The largest absolute Gasteiger partial charge is 0.337 e. The third kappa shape index (κ3) is 3.26. The van der Waals surface area contributed by atoms with E-state index in [4.69, 9.17) is 4.52 Å². The van der Waals surface area contributed by atoms with Crippen molar-refractivity contribution in [2.75, 3.05) is 20.1 Å². The molecule has 1 aromatic carbocycles. The third-order valence-corrected chi connectivity index (χ3v) is 5.26. The Labute approximate surface area is 151 Å². The SMILES string of the molecule is CC(c1nc(CC2CCN(C)CC2)no1)n1cnc2ccccc2c1=O. The van der Waals surface area contributed by atoms with Crippen LogP contribution in [-0.2, 0) is 6.42 Å². The second kappa shape index (κ2) is 6.99. The second-order valence-corrected chi connectivity index (χ2v) is 7.15. The van der Waals surface area contributed by atoms with Gasteiger partial charge >= 0.3 is 0 Å². The Bertz CT molecular complexity index is 956. The van der Waals surface area contributed by atoms with Gasteiger partial charge < -0.3 is 9.42 Å². The number of piperidine rings is 1. The summed E-state index contributed by atoms with van der Waals surface area (Å²) < 4.78 is 7.00. The van der Waals surface area contributed by atoms with Crippen molar-refractivity contribution < 1.29 is 4.52 Å². The summed E-state index contributed by atoms with van der Waals surface area (Å²) in [6.45, 7) is 4.11. The van der Waals surface area contributed by atoms with Crippen molar-refractivity contribution in [1.29, 1.82) is 0 Å². The van der Waals surface area contributed by atoms with E-state index in [1.807, 2.05) is 25.1 Å². The number of hydrogen-bond acceptors (Lipinski definition) is 6. The number of fused-ring (bicyclic) bond motifs is 1. The molecule has 0 amide bonds. The standard InChI is InChI=1S/C19H23N5O2/c1-13(24-12-20-16-6-4-3-5-15(16)19(24)25)18-21-17(22-26-18)11-14-7-9-23(2)10-8-14/h3-6,12-14H,7-11H2,1-2H3. The Morgan fingerprint density at radius 3 is 2.85 bits per heavy atom. The van der Waals surface area contributed by atoms with E-state index in [2.05, 4.69) is 27.1 Å². The maximum Gasteiger partial charge on any atom is 0.261 e. The van der Waals surface area contributed by atoms with Crippen molar-refractivity contribution in [3.63, 3.8) is 0 Å². The molecule has 1 aliphatic heterocycles. The number of likely N-dealkylation sites (tertiary alicyclic amines) is 1. The summed E-state index contributed by atoms with van der Waals surface area (Å²) in [4.78, 5) is 24.0. The van der Waals surface area contributed by atoms with Gasteiger partial charge in [0.25, 0.3) is 5.56 Å². The molecule has 1 aliphatic rings. The minimum absolute atomic E-state index is 0.0989. The van der Waals surface area contributed by atoms with Gasteiger partial charge in [-0.3, -0.25) is 9.36 Å². The van der Waals surface area contributed by atoms with Crippen LogP contribution in [-0.4, -0.2) is 44.7 Å². The highest BCUT2D eigenvalue weighted by molar-refractivity contribution is 5.76. The lowest BCUT2D eigenvalue weighted by molar-refractivity contribution is 0.216. The van der Waals surface area contributed by atoms with Crippen LogP contribution in [0.1, 0.15) is 37.5 Å². The molecule has 0 radical (unpaired) electrons.